The summed E-state index contributed by atoms with van der Waals surface area (Å²) in [7, 11) is -9.99. The highest BCUT2D eigenvalue weighted by Gasteiger charge is 2.30. The summed E-state index contributed by atoms with van der Waals surface area (Å²) in [4.78, 5) is 73.0. The zero-order chi connectivity index (χ0) is 76.0. The minimum atomic E-state index is -5.00. The highest BCUT2D eigenvalue weighted by atomic mass is 31.2. The summed E-state index contributed by atoms with van der Waals surface area (Å²) in [6.07, 6.45) is 85.8. The summed E-state index contributed by atoms with van der Waals surface area (Å²) < 4.78 is 68.5. The number of esters is 4. The van der Waals surface area contributed by atoms with Gasteiger partial charge in [-0.15, -0.1) is 0 Å². The van der Waals surface area contributed by atoms with Crippen LogP contribution in [-0.4, -0.2) is 96.7 Å². The maximum Gasteiger partial charge on any atom is 0.472 e. The third-order valence-corrected chi connectivity index (χ3v) is 18.5. The van der Waals surface area contributed by atoms with Crippen LogP contribution in [0, 0.1) is 0 Å². The van der Waals surface area contributed by atoms with Crippen LogP contribution >= 0.6 is 15.6 Å². The maximum atomic E-state index is 13.1. The van der Waals surface area contributed by atoms with E-state index in [1.165, 1.54) is 77.0 Å². The first-order valence-corrected chi connectivity index (χ1v) is 43.4. The van der Waals surface area contributed by atoms with Crippen LogP contribution in [0.5, 0.6) is 0 Å². The molecule has 104 heavy (non-hydrogen) atoms. The second-order valence-electron chi connectivity index (χ2n) is 26.6. The van der Waals surface area contributed by atoms with E-state index in [1.807, 2.05) is 18.2 Å². The van der Waals surface area contributed by atoms with E-state index in [0.29, 0.717) is 32.1 Å². The van der Waals surface area contributed by atoms with Crippen molar-refractivity contribution in [1.29, 1.82) is 0 Å². The monoisotopic (exact) mass is 1500 g/mol. The van der Waals surface area contributed by atoms with Crippen molar-refractivity contribution in [1.82, 2.24) is 0 Å². The molecular weight excluding hydrogens is 1350 g/mol. The van der Waals surface area contributed by atoms with Crippen molar-refractivity contribution in [2.45, 2.75) is 341 Å². The van der Waals surface area contributed by atoms with Crippen LogP contribution in [0.2, 0.25) is 0 Å². The highest BCUT2D eigenvalue weighted by Crippen LogP contribution is 2.45. The first kappa shape index (κ1) is 99.2. The molecule has 0 bridgehead atoms. The smallest absolute Gasteiger partial charge is 0.462 e. The van der Waals surface area contributed by atoms with Gasteiger partial charge in [-0.05, 0) is 154 Å². The van der Waals surface area contributed by atoms with Gasteiger partial charge >= 0.3 is 39.5 Å². The molecule has 0 saturated carbocycles. The van der Waals surface area contributed by atoms with Crippen LogP contribution in [-0.2, 0) is 65.4 Å². The van der Waals surface area contributed by atoms with E-state index in [9.17, 15) is 43.2 Å². The molecule has 596 valence electrons. The fourth-order valence-corrected chi connectivity index (χ4v) is 12.0. The molecule has 0 aromatic heterocycles. The predicted octanol–water partition coefficient (Wildman–Crippen LogP) is 23.7. The molecule has 19 heteroatoms. The SMILES string of the molecule is CCC=CCC=CCC=CCC=CCC=CCC=CCCC(=O)OCC(COP(=O)(O)OCC(O)COP(=O)(O)OCC(COC(=O)CCCCCCCC=CCC=CCCCCC)OC(=O)CCCCCCCC=CCCCCCCCC)OC(=O)CCCCCCCC=CCC=CCCCCC. The Morgan fingerprint density at radius 3 is 0.856 bits per heavy atom. The van der Waals surface area contributed by atoms with Gasteiger partial charge in [0.2, 0.25) is 0 Å². The fourth-order valence-electron chi connectivity index (χ4n) is 10.4. The van der Waals surface area contributed by atoms with Gasteiger partial charge in [-0.25, -0.2) is 9.13 Å². The third kappa shape index (κ3) is 75.4. The van der Waals surface area contributed by atoms with Crippen LogP contribution in [0.1, 0.15) is 323 Å². The average Bonchev–Trinajstić information content (AvgIpc) is 0.918. The number of allylic oxidation sites excluding steroid dienone is 22. The Morgan fingerprint density at radius 1 is 0.279 bits per heavy atom. The molecule has 0 aliphatic carbocycles. The normalized spacial score (nSPS) is 14.6. The number of aliphatic hydroxyl groups is 1. The van der Waals surface area contributed by atoms with Gasteiger partial charge in [0, 0.05) is 25.7 Å². The van der Waals surface area contributed by atoms with Crippen LogP contribution in [0.3, 0.4) is 0 Å². The third-order valence-electron chi connectivity index (χ3n) is 16.6. The van der Waals surface area contributed by atoms with E-state index in [2.05, 4.69) is 143 Å². The molecule has 3 N–H and O–H groups in total. The molecule has 17 nitrogen and oxygen atoms in total. The number of phosphoric ester groups is 2. The number of phosphoric acid groups is 2. The van der Waals surface area contributed by atoms with Gasteiger partial charge in [0.25, 0.3) is 0 Å². The zero-order valence-electron chi connectivity index (χ0n) is 65.2. The molecule has 0 rings (SSSR count). The van der Waals surface area contributed by atoms with E-state index < -0.39 is 97.5 Å². The van der Waals surface area contributed by atoms with Crippen LogP contribution < -0.4 is 0 Å². The predicted molar refractivity (Wildman–Crippen MR) is 427 cm³/mol. The number of aliphatic hydroxyl groups excluding tert-OH is 1. The van der Waals surface area contributed by atoms with Crippen LogP contribution in [0.25, 0.3) is 0 Å². The van der Waals surface area contributed by atoms with Gasteiger partial charge < -0.3 is 33.8 Å². The van der Waals surface area contributed by atoms with E-state index in [-0.39, 0.29) is 25.7 Å². The second-order valence-corrected chi connectivity index (χ2v) is 29.5. The Balaban J connectivity index is 5.45. The van der Waals surface area contributed by atoms with E-state index in [0.717, 1.165) is 161 Å². The van der Waals surface area contributed by atoms with Crippen LogP contribution in [0.15, 0.2) is 134 Å². The van der Waals surface area contributed by atoms with Gasteiger partial charge in [0.05, 0.1) is 26.4 Å². The van der Waals surface area contributed by atoms with Gasteiger partial charge in [-0.1, -0.05) is 277 Å². The summed E-state index contributed by atoms with van der Waals surface area (Å²) in [5.74, 6) is -2.31. The molecule has 0 aliphatic rings. The van der Waals surface area contributed by atoms with Crippen molar-refractivity contribution < 1.29 is 80.2 Å². The van der Waals surface area contributed by atoms with Crippen molar-refractivity contribution in [3.05, 3.63) is 134 Å². The number of unbranched alkanes of at least 4 members (excludes halogenated alkanes) is 27. The summed E-state index contributed by atoms with van der Waals surface area (Å²) in [6.45, 7) is 4.59. The molecule has 0 fully saturated rings. The molecule has 0 saturated heterocycles. The second kappa shape index (κ2) is 76.4. The van der Waals surface area contributed by atoms with Gasteiger partial charge in [0.1, 0.15) is 19.3 Å². The molecule has 0 radical (unpaired) electrons. The Bertz CT molecular complexity index is 2490. The quantitative estimate of drug-likeness (QED) is 0.0169. The zero-order valence-corrected chi connectivity index (χ0v) is 66.9. The molecular formula is C85H144O17P2. The molecule has 0 aliphatic heterocycles. The number of rotatable bonds is 75. The molecule has 5 atom stereocenters. The Morgan fingerprint density at radius 2 is 0.519 bits per heavy atom. The molecule has 0 amide bonds. The number of carbonyl (C=O) groups excluding carboxylic acids is 4. The Labute approximate surface area is 631 Å². The lowest BCUT2D eigenvalue weighted by molar-refractivity contribution is -0.161. The first-order valence-electron chi connectivity index (χ1n) is 40.4. The summed E-state index contributed by atoms with van der Waals surface area (Å²) in [5, 5.41) is 10.6. The maximum absolute atomic E-state index is 13.1. The molecule has 0 spiro atoms. The molecule has 0 aromatic carbocycles. The summed E-state index contributed by atoms with van der Waals surface area (Å²) in [6, 6.07) is 0. The summed E-state index contributed by atoms with van der Waals surface area (Å²) >= 11 is 0. The van der Waals surface area contributed by atoms with Crippen molar-refractivity contribution in [2.75, 3.05) is 39.6 Å². The van der Waals surface area contributed by atoms with E-state index in [1.54, 1.807) is 0 Å². The standard InChI is InChI=1S/C85H144O17P2/c1-5-9-13-17-21-25-29-33-37-38-39-40-44-46-50-54-58-62-66-70-83(88)96-76-81(102-85(90)72-68-64-60-56-52-48-43-36-32-28-24-20-16-12-8-4)78-100-104(93,94)98-74-79(86)73-97-103(91,92)99-77-80(101-84(89)71-67-63-59-55-51-47-42-35-31-27-23-19-15-11-7-3)75-95-82(87)69-65-61-57-53-49-45-41-34-30-26-22-18-14-10-6-2/h9,13,21-22,24-26,28,33-37,39-43,46,50,58,62,79-81,86H,5-8,10-12,14-20,23,27,29-32,38,44-45,47-49,51-57,59-61,63-78H2,1-4H3,(H,91,92)(H,93,94). The van der Waals surface area contributed by atoms with Gasteiger partial charge in [-0.2, -0.15) is 0 Å². The largest absolute Gasteiger partial charge is 0.472 e. The Kier molecular flexibility index (Phi) is 72.9. The number of ether oxygens (including phenoxy) is 4. The van der Waals surface area contributed by atoms with Crippen molar-refractivity contribution in [3.8, 4) is 0 Å². The van der Waals surface area contributed by atoms with Crippen LogP contribution in [0.4, 0.5) is 0 Å². The topological polar surface area (TPSA) is 237 Å². The number of hydrogen-bond donors (Lipinski definition) is 3. The lowest BCUT2D eigenvalue weighted by Gasteiger charge is -2.21. The summed E-state index contributed by atoms with van der Waals surface area (Å²) in [5.41, 5.74) is 0. The number of hydrogen-bond acceptors (Lipinski definition) is 15. The lowest BCUT2D eigenvalue weighted by atomic mass is 10.1. The Hall–Kier alpha value is -4.80. The van der Waals surface area contributed by atoms with Crippen molar-refractivity contribution >= 4 is 39.5 Å². The van der Waals surface area contributed by atoms with E-state index >= 15 is 0 Å². The first-order chi connectivity index (χ1) is 50.7. The van der Waals surface area contributed by atoms with Crippen molar-refractivity contribution in [3.63, 3.8) is 0 Å². The van der Waals surface area contributed by atoms with Gasteiger partial charge in [-0.3, -0.25) is 37.3 Å². The molecule has 0 aromatic rings. The lowest BCUT2D eigenvalue weighted by Crippen LogP contribution is -2.30. The van der Waals surface area contributed by atoms with Crippen molar-refractivity contribution in [2.24, 2.45) is 0 Å². The minimum Gasteiger partial charge on any atom is -0.462 e. The fraction of sp³-hybridized carbons (Fsp3) is 0.694. The molecule has 0 heterocycles. The van der Waals surface area contributed by atoms with E-state index in [4.69, 9.17) is 37.0 Å². The van der Waals surface area contributed by atoms with Gasteiger partial charge in [0.15, 0.2) is 12.2 Å². The number of carbonyl (C=O) groups is 4. The average molecular weight is 1500 g/mol. The minimum absolute atomic E-state index is 0.0299. The highest BCUT2D eigenvalue weighted by molar-refractivity contribution is 7.47. The molecule has 5 unspecified atom stereocenters.